The Morgan fingerprint density at radius 2 is 2.00 bits per heavy atom. The molecular formula is C8H11NO3S. The summed E-state index contributed by atoms with van der Waals surface area (Å²) in [5.74, 6) is 5.24. The third kappa shape index (κ3) is 11.0. The third-order valence-corrected chi connectivity index (χ3v) is 1.61. The standard InChI is InChI=1S/C8H11NO3S/c1-13(10,11)12-8-6-4-2-3-5-7-9/h2-3,5,8H2,1H3. The second-order valence-corrected chi connectivity index (χ2v) is 3.98. The first kappa shape index (κ1) is 12.0. The lowest BCUT2D eigenvalue weighted by Gasteiger charge is -1.91. The smallest absolute Gasteiger partial charge is 0.257 e. The maximum atomic E-state index is 10.4. The fourth-order valence-electron chi connectivity index (χ4n) is 0.532. The van der Waals surface area contributed by atoms with Crippen molar-refractivity contribution in [3.8, 4) is 17.9 Å². The Labute approximate surface area is 78.6 Å². The van der Waals surface area contributed by atoms with Crippen LogP contribution in [0.4, 0.5) is 0 Å². The minimum atomic E-state index is -3.38. The highest BCUT2D eigenvalue weighted by Gasteiger charge is 1.96. The molecule has 0 bridgehead atoms. The largest absolute Gasteiger partial charge is 0.265 e. The average molecular weight is 201 g/mol. The van der Waals surface area contributed by atoms with E-state index in [4.69, 9.17) is 5.26 Å². The van der Waals surface area contributed by atoms with Crippen LogP contribution in [0.5, 0.6) is 0 Å². The van der Waals surface area contributed by atoms with Gasteiger partial charge in [-0.1, -0.05) is 5.92 Å². The Kier molecular flexibility index (Phi) is 5.96. The zero-order valence-corrected chi connectivity index (χ0v) is 8.23. The minimum absolute atomic E-state index is 0.106. The quantitative estimate of drug-likeness (QED) is 0.380. The SMILES string of the molecule is CS(=O)(=O)OCC#CCCCC#N. The van der Waals surface area contributed by atoms with E-state index in [-0.39, 0.29) is 6.61 Å². The van der Waals surface area contributed by atoms with Crippen LogP contribution in [0.1, 0.15) is 19.3 Å². The second-order valence-electron chi connectivity index (χ2n) is 2.33. The van der Waals surface area contributed by atoms with Gasteiger partial charge in [0.05, 0.1) is 12.3 Å². The van der Waals surface area contributed by atoms with Crippen LogP contribution in [0.15, 0.2) is 0 Å². The molecule has 5 heteroatoms. The van der Waals surface area contributed by atoms with Gasteiger partial charge in [0.2, 0.25) is 0 Å². The van der Waals surface area contributed by atoms with E-state index in [1.165, 1.54) is 0 Å². The van der Waals surface area contributed by atoms with Crippen LogP contribution in [0, 0.1) is 23.2 Å². The Hall–Kier alpha value is -1.04. The molecule has 0 saturated carbocycles. The molecule has 4 nitrogen and oxygen atoms in total. The fourth-order valence-corrected chi connectivity index (χ4v) is 0.805. The summed E-state index contributed by atoms with van der Waals surface area (Å²) in [6, 6.07) is 1.99. The minimum Gasteiger partial charge on any atom is -0.257 e. The predicted molar refractivity (Wildman–Crippen MR) is 48.0 cm³/mol. The summed E-state index contributed by atoms with van der Waals surface area (Å²) in [7, 11) is -3.38. The molecule has 0 aliphatic carbocycles. The summed E-state index contributed by atoms with van der Waals surface area (Å²) in [6.45, 7) is -0.106. The van der Waals surface area contributed by atoms with E-state index in [9.17, 15) is 8.42 Å². The zero-order chi connectivity index (χ0) is 10.2. The number of nitrogens with zero attached hydrogens (tertiary/aromatic N) is 1. The van der Waals surface area contributed by atoms with Gasteiger partial charge < -0.3 is 0 Å². The van der Waals surface area contributed by atoms with Crippen molar-refractivity contribution >= 4 is 10.1 Å². The van der Waals surface area contributed by atoms with Crippen LogP contribution >= 0.6 is 0 Å². The van der Waals surface area contributed by atoms with Gasteiger partial charge in [0.25, 0.3) is 10.1 Å². The molecule has 0 atom stereocenters. The molecule has 72 valence electrons. The number of hydrogen-bond donors (Lipinski definition) is 0. The van der Waals surface area contributed by atoms with Crippen molar-refractivity contribution in [2.75, 3.05) is 12.9 Å². The van der Waals surface area contributed by atoms with Gasteiger partial charge in [-0.25, -0.2) is 0 Å². The summed E-state index contributed by atoms with van der Waals surface area (Å²) in [6.07, 6.45) is 2.76. The number of nitriles is 1. The van der Waals surface area contributed by atoms with Gasteiger partial charge in [-0.2, -0.15) is 13.7 Å². The third-order valence-electron chi connectivity index (χ3n) is 1.06. The van der Waals surface area contributed by atoms with Gasteiger partial charge in [0.1, 0.15) is 6.61 Å². The molecule has 0 aromatic heterocycles. The van der Waals surface area contributed by atoms with Gasteiger partial charge in [-0.3, -0.25) is 4.18 Å². The van der Waals surface area contributed by atoms with Crippen LogP contribution in [-0.2, 0) is 14.3 Å². The van der Waals surface area contributed by atoms with Crippen LogP contribution in [0.2, 0.25) is 0 Å². The van der Waals surface area contributed by atoms with E-state index in [0.717, 1.165) is 6.26 Å². The number of unbranched alkanes of at least 4 members (excludes halogenated alkanes) is 2. The highest BCUT2D eigenvalue weighted by molar-refractivity contribution is 7.85. The van der Waals surface area contributed by atoms with Crippen molar-refractivity contribution in [1.29, 1.82) is 5.26 Å². The maximum Gasteiger partial charge on any atom is 0.265 e. The molecule has 0 aromatic carbocycles. The average Bonchev–Trinajstić information content (AvgIpc) is 2.01. The van der Waals surface area contributed by atoms with E-state index in [1.807, 2.05) is 6.07 Å². The molecule has 0 spiro atoms. The molecule has 0 saturated heterocycles. The summed E-state index contributed by atoms with van der Waals surface area (Å²) in [4.78, 5) is 0. The van der Waals surface area contributed by atoms with Gasteiger partial charge in [0.15, 0.2) is 0 Å². The summed E-state index contributed by atoms with van der Waals surface area (Å²) < 4.78 is 25.2. The fraction of sp³-hybridized carbons (Fsp3) is 0.625. The summed E-state index contributed by atoms with van der Waals surface area (Å²) >= 11 is 0. The second kappa shape index (κ2) is 6.47. The molecule has 0 aliphatic heterocycles. The molecule has 0 unspecified atom stereocenters. The van der Waals surface area contributed by atoms with Crippen LogP contribution in [-0.4, -0.2) is 21.3 Å². The lowest BCUT2D eigenvalue weighted by molar-refractivity contribution is 0.367. The van der Waals surface area contributed by atoms with Crippen molar-refractivity contribution in [2.45, 2.75) is 19.3 Å². The number of rotatable bonds is 4. The van der Waals surface area contributed by atoms with Gasteiger partial charge in [-0.05, 0) is 6.42 Å². The predicted octanol–water partition coefficient (Wildman–Crippen LogP) is 0.660. The highest BCUT2D eigenvalue weighted by Crippen LogP contribution is 1.91. The van der Waals surface area contributed by atoms with Crippen LogP contribution in [0.3, 0.4) is 0 Å². The van der Waals surface area contributed by atoms with Crippen LogP contribution in [0.25, 0.3) is 0 Å². The monoisotopic (exact) mass is 201 g/mol. The molecule has 0 fully saturated rings. The molecule has 0 amide bonds. The first-order valence-electron chi connectivity index (χ1n) is 3.73. The van der Waals surface area contributed by atoms with Gasteiger partial charge in [0, 0.05) is 12.8 Å². The Bertz CT molecular complexity index is 329. The van der Waals surface area contributed by atoms with E-state index in [2.05, 4.69) is 16.0 Å². The lowest BCUT2D eigenvalue weighted by atomic mass is 10.2. The first-order valence-corrected chi connectivity index (χ1v) is 5.55. The molecule has 13 heavy (non-hydrogen) atoms. The lowest BCUT2D eigenvalue weighted by Crippen LogP contribution is -2.02. The topological polar surface area (TPSA) is 67.2 Å². The normalized spacial score (nSPS) is 9.85. The summed E-state index contributed by atoms with van der Waals surface area (Å²) in [5, 5.41) is 8.17. The number of hydrogen-bond acceptors (Lipinski definition) is 4. The van der Waals surface area contributed by atoms with Crippen molar-refractivity contribution in [3.63, 3.8) is 0 Å². The zero-order valence-electron chi connectivity index (χ0n) is 7.41. The van der Waals surface area contributed by atoms with Gasteiger partial charge in [-0.15, -0.1) is 5.92 Å². The molecule has 0 rings (SSSR count). The molecule has 0 heterocycles. The van der Waals surface area contributed by atoms with Crippen LogP contribution < -0.4 is 0 Å². The molecule has 0 N–H and O–H groups in total. The van der Waals surface area contributed by atoms with Crippen molar-refractivity contribution in [1.82, 2.24) is 0 Å². The van der Waals surface area contributed by atoms with E-state index in [0.29, 0.717) is 19.3 Å². The highest BCUT2D eigenvalue weighted by atomic mass is 32.2. The van der Waals surface area contributed by atoms with Crippen molar-refractivity contribution in [2.24, 2.45) is 0 Å². The van der Waals surface area contributed by atoms with E-state index >= 15 is 0 Å². The van der Waals surface area contributed by atoms with E-state index in [1.54, 1.807) is 0 Å². The first-order chi connectivity index (χ1) is 6.06. The van der Waals surface area contributed by atoms with E-state index < -0.39 is 10.1 Å². The Morgan fingerprint density at radius 3 is 2.54 bits per heavy atom. The summed E-state index contributed by atoms with van der Waals surface area (Å²) in [5.41, 5.74) is 0. The van der Waals surface area contributed by atoms with Crippen molar-refractivity contribution < 1.29 is 12.6 Å². The Balaban J connectivity index is 3.48. The molecule has 0 aromatic rings. The molecule has 0 radical (unpaired) electrons. The molecule has 0 aliphatic rings. The maximum absolute atomic E-state index is 10.4. The van der Waals surface area contributed by atoms with Gasteiger partial charge >= 0.3 is 0 Å². The van der Waals surface area contributed by atoms with Crippen molar-refractivity contribution in [3.05, 3.63) is 0 Å². The Morgan fingerprint density at radius 1 is 1.31 bits per heavy atom. The molecular weight excluding hydrogens is 190 g/mol.